The van der Waals surface area contributed by atoms with Crippen LogP contribution in [0.25, 0.3) is 10.9 Å². The molecule has 2 rings (SSSR count). The Morgan fingerprint density at radius 2 is 1.87 bits per heavy atom. The fourth-order valence-electron chi connectivity index (χ4n) is 1.93. The molecule has 8 heteroatoms. The van der Waals surface area contributed by atoms with Gasteiger partial charge in [-0.15, -0.1) is 10.2 Å². The van der Waals surface area contributed by atoms with Crippen molar-refractivity contribution in [2.75, 3.05) is 18.0 Å². The number of anilines is 1. The summed E-state index contributed by atoms with van der Waals surface area (Å²) in [4.78, 5) is 12.2. The van der Waals surface area contributed by atoms with E-state index in [-0.39, 0.29) is 23.7 Å². The Labute approximate surface area is 135 Å². The number of hydrogen-bond acceptors (Lipinski definition) is 6. The maximum absolute atomic E-state index is 12.2. The summed E-state index contributed by atoms with van der Waals surface area (Å²) in [7, 11) is -3.30. The maximum Gasteiger partial charge on any atom is 0.274 e. The van der Waals surface area contributed by atoms with Crippen LogP contribution in [0.3, 0.4) is 0 Å². The molecule has 1 aromatic heterocycles. The standard InChI is InChI=1S/C15H20N4O3S/c1-15(2,3)23(21,22)9-8-17-14(20)13-12(16)10-6-4-5-7-11(10)18-19-13/h4-7H,8-9H2,1-3H3,(H2,16,18)(H,17,20). The summed E-state index contributed by atoms with van der Waals surface area (Å²) >= 11 is 0. The second-order valence-electron chi connectivity index (χ2n) is 6.17. The van der Waals surface area contributed by atoms with Crippen molar-refractivity contribution in [1.29, 1.82) is 0 Å². The highest BCUT2D eigenvalue weighted by Gasteiger charge is 2.28. The lowest BCUT2D eigenvalue weighted by atomic mass is 10.1. The average Bonchev–Trinajstić information content (AvgIpc) is 2.46. The number of carbonyl (C=O) groups excluding carboxylic acids is 1. The molecule has 0 aliphatic rings. The molecular formula is C15H20N4O3S. The van der Waals surface area contributed by atoms with Gasteiger partial charge in [-0.1, -0.05) is 18.2 Å². The first-order valence-electron chi connectivity index (χ1n) is 7.15. The Morgan fingerprint density at radius 1 is 1.22 bits per heavy atom. The highest BCUT2D eigenvalue weighted by molar-refractivity contribution is 7.92. The van der Waals surface area contributed by atoms with Gasteiger partial charge in [0.25, 0.3) is 5.91 Å². The minimum Gasteiger partial charge on any atom is -0.396 e. The van der Waals surface area contributed by atoms with E-state index in [9.17, 15) is 13.2 Å². The third-order valence-corrected chi connectivity index (χ3v) is 6.12. The van der Waals surface area contributed by atoms with Crippen LogP contribution in [-0.2, 0) is 9.84 Å². The number of sulfone groups is 1. The highest BCUT2D eigenvalue weighted by Crippen LogP contribution is 2.20. The Kier molecular flexibility index (Phi) is 4.56. The molecule has 1 amide bonds. The molecule has 3 N–H and O–H groups in total. The van der Waals surface area contributed by atoms with Crippen LogP contribution in [0.2, 0.25) is 0 Å². The average molecular weight is 336 g/mol. The van der Waals surface area contributed by atoms with Crippen LogP contribution < -0.4 is 11.1 Å². The van der Waals surface area contributed by atoms with E-state index < -0.39 is 20.5 Å². The molecular weight excluding hydrogens is 316 g/mol. The summed E-state index contributed by atoms with van der Waals surface area (Å²) in [6.07, 6.45) is 0. The van der Waals surface area contributed by atoms with E-state index in [1.54, 1.807) is 45.0 Å². The van der Waals surface area contributed by atoms with E-state index in [0.29, 0.717) is 10.9 Å². The van der Waals surface area contributed by atoms with Crippen molar-refractivity contribution in [3.63, 3.8) is 0 Å². The first-order valence-corrected chi connectivity index (χ1v) is 8.80. The van der Waals surface area contributed by atoms with E-state index in [1.807, 2.05) is 0 Å². The number of nitrogens with one attached hydrogen (secondary N) is 1. The van der Waals surface area contributed by atoms with Gasteiger partial charge in [0, 0.05) is 11.9 Å². The number of amides is 1. The zero-order valence-electron chi connectivity index (χ0n) is 13.3. The number of fused-ring (bicyclic) bond motifs is 1. The third-order valence-electron chi connectivity index (χ3n) is 3.51. The first kappa shape index (κ1) is 17.1. The monoisotopic (exact) mass is 336 g/mol. The number of nitrogens with zero attached hydrogens (tertiary/aromatic N) is 2. The lowest BCUT2D eigenvalue weighted by Gasteiger charge is -2.19. The molecule has 0 saturated heterocycles. The van der Waals surface area contributed by atoms with Gasteiger partial charge in [0.05, 0.1) is 21.7 Å². The number of aromatic nitrogens is 2. The van der Waals surface area contributed by atoms with Crippen molar-refractivity contribution >= 4 is 32.3 Å². The second-order valence-corrected chi connectivity index (χ2v) is 9.03. The van der Waals surface area contributed by atoms with Crippen molar-refractivity contribution in [2.45, 2.75) is 25.5 Å². The van der Waals surface area contributed by atoms with Crippen molar-refractivity contribution < 1.29 is 13.2 Å². The van der Waals surface area contributed by atoms with Crippen LogP contribution in [0.1, 0.15) is 31.3 Å². The summed E-state index contributed by atoms with van der Waals surface area (Å²) in [5.41, 5.74) is 6.78. The molecule has 23 heavy (non-hydrogen) atoms. The zero-order chi connectivity index (χ0) is 17.3. The van der Waals surface area contributed by atoms with Gasteiger partial charge in [-0.3, -0.25) is 4.79 Å². The number of nitrogen functional groups attached to an aromatic ring is 1. The molecule has 1 heterocycles. The summed E-state index contributed by atoms with van der Waals surface area (Å²) < 4.78 is 23.2. The van der Waals surface area contributed by atoms with Crippen LogP contribution in [0, 0.1) is 0 Å². The predicted octanol–water partition coefficient (Wildman–Crippen LogP) is 1.16. The summed E-state index contributed by atoms with van der Waals surface area (Å²) in [5, 5.41) is 11.0. The molecule has 0 saturated carbocycles. The summed E-state index contributed by atoms with van der Waals surface area (Å²) in [6.45, 7) is 4.86. The smallest absolute Gasteiger partial charge is 0.274 e. The second kappa shape index (κ2) is 6.11. The van der Waals surface area contributed by atoms with Crippen LogP contribution in [0.4, 0.5) is 5.69 Å². The fraction of sp³-hybridized carbons (Fsp3) is 0.400. The lowest BCUT2D eigenvalue weighted by Crippen LogP contribution is -2.37. The number of rotatable bonds is 4. The molecule has 2 aromatic rings. The maximum atomic E-state index is 12.2. The van der Waals surface area contributed by atoms with E-state index in [4.69, 9.17) is 5.73 Å². The Bertz CT molecular complexity index is 841. The number of nitrogens with two attached hydrogens (primary N) is 1. The van der Waals surface area contributed by atoms with Gasteiger partial charge >= 0.3 is 0 Å². The van der Waals surface area contributed by atoms with Gasteiger partial charge in [0.15, 0.2) is 15.5 Å². The molecule has 0 atom stereocenters. The normalized spacial score (nSPS) is 12.3. The van der Waals surface area contributed by atoms with Crippen molar-refractivity contribution in [1.82, 2.24) is 15.5 Å². The van der Waals surface area contributed by atoms with Crippen molar-refractivity contribution in [2.24, 2.45) is 0 Å². The van der Waals surface area contributed by atoms with Gasteiger partial charge in [-0.25, -0.2) is 8.42 Å². The molecule has 124 valence electrons. The van der Waals surface area contributed by atoms with Crippen LogP contribution in [-0.4, -0.2) is 41.6 Å². The number of carbonyl (C=O) groups is 1. The van der Waals surface area contributed by atoms with E-state index in [1.165, 1.54) is 0 Å². The molecule has 7 nitrogen and oxygen atoms in total. The minimum atomic E-state index is -3.30. The van der Waals surface area contributed by atoms with E-state index in [0.717, 1.165) is 0 Å². The van der Waals surface area contributed by atoms with Gasteiger partial charge in [0.2, 0.25) is 0 Å². The predicted molar refractivity (Wildman–Crippen MR) is 89.8 cm³/mol. The minimum absolute atomic E-state index is 0.00291. The largest absolute Gasteiger partial charge is 0.396 e. The van der Waals surface area contributed by atoms with Crippen LogP contribution >= 0.6 is 0 Å². The van der Waals surface area contributed by atoms with Gasteiger partial charge in [-0.2, -0.15) is 0 Å². The van der Waals surface area contributed by atoms with Crippen molar-refractivity contribution in [3.8, 4) is 0 Å². The molecule has 0 spiro atoms. The zero-order valence-corrected chi connectivity index (χ0v) is 14.1. The summed E-state index contributed by atoms with van der Waals surface area (Å²) in [5.74, 6) is -0.687. The fourth-order valence-corrected chi connectivity index (χ4v) is 2.91. The third kappa shape index (κ3) is 3.58. The molecule has 0 bridgehead atoms. The molecule has 0 aliphatic heterocycles. The Hall–Kier alpha value is -2.22. The van der Waals surface area contributed by atoms with E-state index >= 15 is 0 Å². The van der Waals surface area contributed by atoms with Crippen molar-refractivity contribution in [3.05, 3.63) is 30.0 Å². The first-order chi connectivity index (χ1) is 10.6. The SMILES string of the molecule is CC(C)(C)S(=O)(=O)CCNC(=O)c1nnc2ccccc2c1N. The molecule has 0 unspecified atom stereocenters. The topological polar surface area (TPSA) is 115 Å². The molecule has 0 fully saturated rings. The van der Waals surface area contributed by atoms with Crippen LogP contribution in [0.5, 0.6) is 0 Å². The quantitative estimate of drug-likeness (QED) is 0.865. The van der Waals surface area contributed by atoms with Gasteiger partial charge in [-0.05, 0) is 26.8 Å². The van der Waals surface area contributed by atoms with Gasteiger partial charge < -0.3 is 11.1 Å². The molecule has 0 aliphatic carbocycles. The molecule has 1 aromatic carbocycles. The Balaban J connectivity index is 2.12. The van der Waals surface area contributed by atoms with Gasteiger partial charge in [0.1, 0.15) is 0 Å². The number of hydrogen-bond donors (Lipinski definition) is 2. The van der Waals surface area contributed by atoms with Crippen LogP contribution in [0.15, 0.2) is 24.3 Å². The lowest BCUT2D eigenvalue weighted by molar-refractivity contribution is 0.0951. The molecule has 0 radical (unpaired) electrons. The number of benzene rings is 1. The van der Waals surface area contributed by atoms with E-state index in [2.05, 4.69) is 15.5 Å². The highest BCUT2D eigenvalue weighted by atomic mass is 32.2. The Morgan fingerprint density at radius 3 is 2.52 bits per heavy atom. The summed E-state index contributed by atoms with van der Waals surface area (Å²) in [6, 6.07) is 7.09.